The van der Waals surface area contributed by atoms with Gasteiger partial charge in [0.25, 0.3) is 0 Å². The van der Waals surface area contributed by atoms with E-state index in [2.05, 4.69) is 10.1 Å². The van der Waals surface area contributed by atoms with Crippen molar-refractivity contribution in [1.82, 2.24) is 0 Å². The molecular weight excluding hydrogens is 247 g/mol. The average molecular weight is 259 g/mol. The van der Waals surface area contributed by atoms with Gasteiger partial charge in [-0.3, -0.25) is 0 Å². The zero-order valence-electron chi connectivity index (χ0n) is 9.67. The van der Waals surface area contributed by atoms with E-state index in [1.54, 1.807) is 13.0 Å². The fourth-order valence-corrected chi connectivity index (χ4v) is 1.83. The van der Waals surface area contributed by atoms with Gasteiger partial charge in [-0.05, 0) is 30.7 Å². The number of ether oxygens (including phenoxy) is 1. The molecule has 1 aliphatic heterocycles. The summed E-state index contributed by atoms with van der Waals surface area (Å²) in [5.41, 5.74) is 1.19. The molecule has 1 fully saturated rings. The van der Waals surface area contributed by atoms with E-state index in [-0.39, 0.29) is 6.54 Å². The number of benzene rings is 1. The molecular formula is C12H12F3NO2. The Morgan fingerprint density at radius 2 is 2.17 bits per heavy atom. The van der Waals surface area contributed by atoms with Crippen molar-refractivity contribution in [2.24, 2.45) is 0 Å². The number of halogens is 3. The Labute approximate surface area is 102 Å². The van der Waals surface area contributed by atoms with Crippen molar-refractivity contribution in [2.75, 3.05) is 11.9 Å². The molecule has 1 heterocycles. The molecule has 18 heavy (non-hydrogen) atoms. The highest BCUT2D eigenvalue weighted by molar-refractivity contribution is 5.79. The molecule has 3 nitrogen and oxygen atoms in total. The second kappa shape index (κ2) is 4.51. The van der Waals surface area contributed by atoms with Gasteiger partial charge in [0.05, 0.1) is 13.0 Å². The second-order valence-corrected chi connectivity index (χ2v) is 4.33. The second-order valence-electron chi connectivity index (χ2n) is 4.33. The van der Waals surface area contributed by atoms with Gasteiger partial charge in [-0.1, -0.05) is 0 Å². The van der Waals surface area contributed by atoms with Crippen molar-refractivity contribution in [3.63, 3.8) is 0 Å². The number of hydrogen-bond donors (Lipinski definition) is 1. The summed E-state index contributed by atoms with van der Waals surface area (Å²) in [6.07, 6.45) is -1.54. The molecule has 1 aromatic carbocycles. The van der Waals surface area contributed by atoms with Crippen LogP contribution in [0.4, 0.5) is 18.9 Å². The van der Waals surface area contributed by atoms with Crippen LogP contribution in [0.5, 0.6) is 0 Å². The van der Waals surface area contributed by atoms with Crippen molar-refractivity contribution in [2.45, 2.75) is 25.4 Å². The molecule has 0 aliphatic carbocycles. The van der Waals surface area contributed by atoms with Crippen LogP contribution in [0.25, 0.3) is 0 Å². The summed E-state index contributed by atoms with van der Waals surface area (Å²) in [6, 6.07) is 4.29. The van der Waals surface area contributed by atoms with Crippen LogP contribution in [0.3, 0.4) is 0 Å². The van der Waals surface area contributed by atoms with E-state index in [1.807, 2.05) is 0 Å². The zero-order valence-corrected chi connectivity index (χ0v) is 9.67. The van der Waals surface area contributed by atoms with Gasteiger partial charge in [0.2, 0.25) is 0 Å². The summed E-state index contributed by atoms with van der Waals surface area (Å²) >= 11 is 0. The van der Waals surface area contributed by atoms with Crippen molar-refractivity contribution in [3.05, 3.63) is 29.6 Å². The zero-order chi connectivity index (χ0) is 13.3. The maximum Gasteiger partial charge on any atom is 0.377 e. The lowest BCUT2D eigenvalue weighted by molar-refractivity contribution is -0.158. The van der Waals surface area contributed by atoms with Gasteiger partial charge in [0, 0.05) is 5.69 Å². The van der Waals surface area contributed by atoms with Crippen LogP contribution in [-0.2, 0) is 9.53 Å². The van der Waals surface area contributed by atoms with Crippen LogP contribution in [0.1, 0.15) is 12.0 Å². The van der Waals surface area contributed by atoms with Gasteiger partial charge >= 0.3 is 11.9 Å². The minimum Gasteiger partial charge on any atom is -0.456 e. The van der Waals surface area contributed by atoms with Gasteiger partial charge in [-0.2, -0.15) is 8.78 Å². The average Bonchev–Trinajstić information content (AvgIpc) is 2.49. The first-order valence-electron chi connectivity index (χ1n) is 5.47. The smallest absolute Gasteiger partial charge is 0.377 e. The van der Waals surface area contributed by atoms with Crippen molar-refractivity contribution < 1.29 is 22.7 Å². The Balaban J connectivity index is 1.95. The Bertz CT molecular complexity index is 456. The van der Waals surface area contributed by atoms with Gasteiger partial charge in [0.1, 0.15) is 11.9 Å². The maximum absolute atomic E-state index is 13.1. The standard InChI is InChI=1S/C12H12F3NO2/c1-7-2-8(13)4-9(3-7)16-6-10-5-12(14,15)11(17)18-10/h2-4,10,16H,5-6H2,1H3. The number of anilines is 1. The molecule has 98 valence electrons. The van der Waals surface area contributed by atoms with Crippen molar-refractivity contribution in [3.8, 4) is 0 Å². The molecule has 0 saturated carbocycles. The highest BCUT2D eigenvalue weighted by Gasteiger charge is 2.50. The number of alkyl halides is 2. The Morgan fingerprint density at radius 1 is 1.44 bits per heavy atom. The highest BCUT2D eigenvalue weighted by Crippen LogP contribution is 2.30. The maximum atomic E-state index is 13.1. The number of carbonyl (C=O) groups excluding carboxylic acids is 1. The molecule has 1 saturated heterocycles. The molecule has 0 radical (unpaired) electrons. The predicted molar refractivity (Wildman–Crippen MR) is 59.1 cm³/mol. The van der Waals surface area contributed by atoms with Crippen LogP contribution in [-0.4, -0.2) is 24.5 Å². The van der Waals surface area contributed by atoms with Crippen LogP contribution in [0.15, 0.2) is 18.2 Å². The summed E-state index contributed by atoms with van der Waals surface area (Å²) in [5, 5.41) is 2.78. The third kappa shape index (κ3) is 2.75. The van der Waals surface area contributed by atoms with E-state index < -0.39 is 30.2 Å². The molecule has 1 aromatic rings. The summed E-state index contributed by atoms with van der Waals surface area (Å²) in [6.45, 7) is 1.75. The van der Waals surface area contributed by atoms with Gasteiger partial charge < -0.3 is 10.1 Å². The summed E-state index contributed by atoms with van der Waals surface area (Å²) in [5.74, 6) is -5.32. The molecule has 0 bridgehead atoms. The van der Waals surface area contributed by atoms with E-state index in [0.29, 0.717) is 11.3 Å². The number of nitrogens with one attached hydrogen (secondary N) is 1. The summed E-state index contributed by atoms with van der Waals surface area (Å²) in [7, 11) is 0. The number of cyclic esters (lactones) is 1. The van der Waals surface area contributed by atoms with Crippen LogP contribution in [0, 0.1) is 12.7 Å². The fourth-order valence-electron chi connectivity index (χ4n) is 1.83. The Hall–Kier alpha value is -1.72. The predicted octanol–water partition coefficient (Wildman–Crippen LogP) is 2.50. The first-order valence-corrected chi connectivity index (χ1v) is 5.47. The van der Waals surface area contributed by atoms with E-state index >= 15 is 0 Å². The molecule has 1 aliphatic rings. The minimum atomic E-state index is -3.41. The first-order chi connectivity index (χ1) is 8.37. The van der Waals surface area contributed by atoms with Gasteiger partial charge in [-0.25, -0.2) is 9.18 Å². The monoisotopic (exact) mass is 259 g/mol. The van der Waals surface area contributed by atoms with Gasteiger partial charge in [0.15, 0.2) is 0 Å². The SMILES string of the molecule is Cc1cc(F)cc(NCC2CC(F)(F)C(=O)O2)c1. The quantitative estimate of drug-likeness (QED) is 0.847. The molecule has 1 atom stereocenters. The Morgan fingerprint density at radius 3 is 2.72 bits per heavy atom. The van der Waals surface area contributed by atoms with E-state index in [9.17, 15) is 18.0 Å². The minimum absolute atomic E-state index is 0.0320. The summed E-state index contributed by atoms with van der Waals surface area (Å²) in [4.78, 5) is 10.8. The van der Waals surface area contributed by atoms with Crippen molar-refractivity contribution >= 4 is 11.7 Å². The third-order valence-corrected chi connectivity index (χ3v) is 2.63. The molecule has 0 spiro atoms. The third-order valence-electron chi connectivity index (χ3n) is 2.63. The number of carbonyl (C=O) groups is 1. The lowest BCUT2D eigenvalue weighted by Gasteiger charge is -2.11. The van der Waals surface area contributed by atoms with Crippen molar-refractivity contribution in [1.29, 1.82) is 0 Å². The van der Waals surface area contributed by atoms with E-state index in [1.165, 1.54) is 12.1 Å². The van der Waals surface area contributed by atoms with E-state index in [4.69, 9.17) is 0 Å². The van der Waals surface area contributed by atoms with Crippen LogP contribution >= 0.6 is 0 Å². The van der Waals surface area contributed by atoms with Gasteiger partial charge in [-0.15, -0.1) is 0 Å². The number of hydrogen-bond acceptors (Lipinski definition) is 3. The molecule has 1 N–H and O–H groups in total. The fraction of sp³-hybridized carbons (Fsp3) is 0.417. The molecule has 0 aromatic heterocycles. The molecule has 1 unspecified atom stereocenters. The number of aryl methyl sites for hydroxylation is 1. The highest BCUT2D eigenvalue weighted by atomic mass is 19.3. The number of rotatable bonds is 3. The molecule has 0 amide bonds. The lowest BCUT2D eigenvalue weighted by Crippen LogP contribution is -2.22. The first kappa shape index (κ1) is 12.7. The largest absolute Gasteiger partial charge is 0.456 e. The van der Waals surface area contributed by atoms with E-state index in [0.717, 1.165) is 0 Å². The van der Waals surface area contributed by atoms with Crippen LogP contribution in [0.2, 0.25) is 0 Å². The lowest BCUT2D eigenvalue weighted by atomic mass is 10.2. The van der Waals surface area contributed by atoms with Crippen LogP contribution < -0.4 is 5.32 Å². The normalized spacial score (nSPS) is 21.8. The molecule has 2 rings (SSSR count). The summed E-state index contributed by atoms with van der Waals surface area (Å²) < 4.78 is 43.3. The Kier molecular flexibility index (Phi) is 3.19. The topological polar surface area (TPSA) is 38.3 Å². The molecule has 6 heteroatoms. The number of esters is 1.